The number of aliphatic hydroxyl groups is 1. The zero-order valence-electron chi connectivity index (χ0n) is 18.1. The number of likely N-dealkylation sites (tertiary alicyclic amines) is 1. The molecule has 3 aliphatic heterocycles. The van der Waals surface area contributed by atoms with E-state index in [2.05, 4.69) is 22.5 Å². The molecule has 0 aliphatic carbocycles. The molecule has 0 radical (unpaired) electrons. The van der Waals surface area contributed by atoms with Crippen molar-refractivity contribution >= 4 is 62.8 Å². The van der Waals surface area contributed by atoms with E-state index in [0.717, 1.165) is 0 Å². The van der Waals surface area contributed by atoms with Gasteiger partial charge in [-0.2, -0.15) is 0 Å². The number of carbonyl (C=O) groups is 3. The lowest BCUT2D eigenvalue weighted by Crippen LogP contribution is -2.58. The quantitative estimate of drug-likeness (QED) is 0.376. The van der Waals surface area contributed by atoms with Crippen molar-refractivity contribution in [2.75, 3.05) is 18.1 Å². The molecule has 7 nitrogen and oxygen atoms in total. The number of rotatable bonds is 8. The van der Waals surface area contributed by atoms with Crippen LogP contribution in [0.5, 0.6) is 0 Å². The summed E-state index contributed by atoms with van der Waals surface area (Å²) in [5, 5.41) is 20.2. The number of fused-ring (bicyclic) bond motifs is 1. The number of carboxylic acid groups (broad SMARTS) is 1. The molecule has 0 aromatic heterocycles. The highest BCUT2D eigenvalue weighted by molar-refractivity contribution is 9.09. The maximum absolute atomic E-state index is 14.3. The number of nitrogens with zero attached hydrogens (tertiary/aromatic N) is 2. The molecule has 0 saturated carbocycles. The van der Waals surface area contributed by atoms with E-state index in [1.54, 1.807) is 30.3 Å². The maximum Gasteiger partial charge on any atom is 0.308 e. The van der Waals surface area contributed by atoms with Crippen LogP contribution in [0.3, 0.4) is 0 Å². The van der Waals surface area contributed by atoms with Crippen LogP contribution in [0.15, 0.2) is 36.9 Å². The first kappa shape index (κ1) is 24.6. The van der Waals surface area contributed by atoms with Gasteiger partial charge in [0, 0.05) is 16.6 Å². The van der Waals surface area contributed by atoms with Gasteiger partial charge in [-0.05, 0) is 25.0 Å². The van der Waals surface area contributed by atoms with Crippen LogP contribution in [0.4, 0.5) is 5.69 Å². The largest absolute Gasteiger partial charge is 0.481 e. The fourth-order valence-electron chi connectivity index (χ4n) is 5.69. The molecule has 3 saturated heterocycles. The molecule has 3 heterocycles. The Bertz CT molecular complexity index is 991. The second-order valence-corrected chi connectivity index (χ2v) is 11.8. The Morgan fingerprint density at radius 2 is 2.15 bits per heavy atom. The molecule has 4 rings (SSSR count). The van der Waals surface area contributed by atoms with Crippen LogP contribution in [-0.2, 0) is 14.4 Å². The molecule has 7 atom stereocenters. The number of hydrogen-bond acceptors (Lipinski definition) is 5. The molecule has 10 heteroatoms. The second-order valence-electron chi connectivity index (χ2n) is 8.68. The number of benzene rings is 1. The molecule has 2 amide bonds. The first-order valence-corrected chi connectivity index (χ1v) is 13.0. The number of aliphatic hydroxyl groups excluding tert-OH is 1. The number of aliphatic carboxylic acids is 1. The average Bonchev–Trinajstić information content (AvgIpc) is 3.37. The van der Waals surface area contributed by atoms with E-state index in [0.29, 0.717) is 23.6 Å². The first-order valence-electron chi connectivity index (χ1n) is 10.9. The summed E-state index contributed by atoms with van der Waals surface area (Å²) in [5.41, 5.74) is 0.496. The van der Waals surface area contributed by atoms with E-state index < -0.39 is 34.6 Å². The van der Waals surface area contributed by atoms with Gasteiger partial charge in [-0.3, -0.25) is 14.4 Å². The molecular weight excluding hydrogens is 532 g/mol. The third kappa shape index (κ3) is 3.63. The minimum Gasteiger partial charge on any atom is -0.481 e. The predicted octanol–water partition coefficient (Wildman–Crippen LogP) is 3.18. The normalized spacial score (nSPS) is 33.2. The second kappa shape index (κ2) is 9.24. The Balaban J connectivity index is 1.86. The van der Waals surface area contributed by atoms with Gasteiger partial charge < -0.3 is 20.0 Å². The molecule has 178 valence electrons. The number of halogens is 2. The number of thioether (sulfide) groups is 1. The van der Waals surface area contributed by atoms with E-state index >= 15 is 0 Å². The van der Waals surface area contributed by atoms with Gasteiger partial charge in [0.2, 0.25) is 5.91 Å². The Labute approximate surface area is 210 Å². The van der Waals surface area contributed by atoms with Crippen molar-refractivity contribution in [3.8, 4) is 0 Å². The standard InChI is InChI=1S/C23H26BrClN2O5S/c1-3-9-26(15-8-6-5-7-14(15)25)21(30)19-23-10-13(24)18(33-23)16(22(31)32)17(23)20(29)27(19)12(4-2)11-28/h3,5-8,12-13,16-19,28H,1,4,9-11H2,2H3,(H,31,32)/t12-,13?,16+,17-,18+,19?,23?/m0/s1. The first-order chi connectivity index (χ1) is 15.7. The molecule has 3 aliphatic rings. The van der Waals surface area contributed by atoms with Crippen LogP contribution >= 0.6 is 39.3 Å². The van der Waals surface area contributed by atoms with Gasteiger partial charge in [0.1, 0.15) is 6.04 Å². The van der Waals surface area contributed by atoms with Gasteiger partial charge in [-0.25, -0.2) is 0 Å². The minimum absolute atomic E-state index is 0.134. The zero-order chi connectivity index (χ0) is 24.1. The number of carboxylic acids is 1. The summed E-state index contributed by atoms with van der Waals surface area (Å²) in [7, 11) is 0. The van der Waals surface area contributed by atoms with Gasteiger partial charge in [0.15, 0.2) is 0 Å². The summed E-state index contributed by atoms with van der Waals surface area (Å²) in [6.45, 7) is 5.47. The average molecular weight is 558 g/mol. The third-order valence-electron chi connectivity index (χ3n) is 7.04. The maximum atomic E-state index is 14.3. The summed E-state index contributed by atoms with van der Waals surface area (Å²) in [6.07, 6.45) is 2.51. The van der Waals surface area contributed by atoms with Crippen molar-refractivity contribution in [2.24, 2.45) is 11.8 Å². The molecule has 2 N–H and O–H groups in total. The van der Waals surface area contributed by atoms with Crippen LogP contribution in [0.1, 0.15) is 19.8 Å². The SMILES string of the molecule is C=CCN(C(=O)C1N([C@@H](CC)CO)C(=O)[C@@H]2[C@@H](C(=O)O)[C@@H]3SC12CC3Br)c1ccccc1Cl. The fourth-order valence-corrected chi connectivity index (χ4v) is 9.51. The van der Waals surface area contributed by atoms with Gasteiger partial charge in [0.25, 0.3) is 5.91 Å². The Morgan fingerprint density at radius 1 is 1.45 bits per heavy atom. The van der Waals surface area contributed by atoms with Gasteiger partial charge in [-0.1, -0.05) is 52.7 Å². The molecule has 2 bridgehead atoms. The van der Waals surface area contributed by atoms with E-state index in [1.807, 2.05) is 6.92 Å². The lowest BCUT2D eigenvalue weighted by atomic mass is 9.71. The van der Waals surface area contributed by atoms with Crippen LogP contribution in [0, 0.1) is 11.8 Å². The summed E-state index contributed by atoms with van der Waals surface area (Å²) in [5.74, 6) is -3.47. The molecule has 3 unspecified atom stereocenters. The lowest BCUT2D eigenvalue weighted by Gasteiger charge is -2.39. The highest BCUT2D eigenvalue weighted by Crippen LogP contribution is 2.68. The molecule has 3 fully saturated rings. The highest BCUT2D eigenvalue weighted by Gasteiger charge is 2.76. The molecule has 1 spiro atoms. The van der Waals surface area contributed by atoms with E-state index in [9.17, 15) is 24.6 Å². The van der Waals surface area contributed by atoms with Crippen molar-refractivity contribution in [3.05, 3.63) is 41.9 Å². The lowest BCUT2D eigenvalue weighted by molar-refractivity contribution is -0.149. The number of hydrogen-bond donors (Lipinski definition) is 2. The van der Waals surface area contributed by atoms with Gasteiger partial charge in [0.05, 0.1) is 39.9 Å². The summed E-state index contributed by atoms with van der Waals surface area (Å²) in [6, 6.07) is 5.44. The van der Waals surface area contributed by atoms with E-state index in [1.165, 1.54) is 21.6 Å². The number of para-hydroxylation sites is 1. The Kier molecular flexibility index (Phi) is 6.88. The molecular formula is C23H26BrClN2O5S. The summed E-state index contributed by atoms with van der Waals surface area (Å²) in [4.78, 5) is 43.1. The van der Waals surface area contributed by atoms with Crippen LogP contribution in [-0.4, -0.2) is 73.0 Å². The minimum atomic E-state index is -1.03. The number of anilines is 1. The van der Waals surface area contributed by atoms with Crippen molar-refractivity contribution < 1.29 is 24.6 Å². The van der Waals surface area contributed by atoms with Crippen LogP contribution in [0.2, 0.25) is 5.02 Å². The van der Waals surface area contributed by atoms with E-state index in [-0.39, 0.29) is 35.0 Å². The number of carbonyl (C=O) groups excluding carboxylic acids is 2. The monoisotopic (exact) mass is 556 g/mol. The third-order valence-corrected chi connectivity index (χ3v) is 10.6. The van der Waals surface area contributed by atoms with Crippen molar-refractivity contribution in [1.29, 1.82) is 0 Å². The van der Waals surface area contributed by atoms with Gasteiger partial charge >= 0.3 is 5.97 Å². The fraction of sp³-hybridized carbons (Fsp3) is 0.522. The van der Waals surface area contributed by atoms with Crippen molar-refractivity contribution in [1.82, 2.24) is 4.90 Å². The molecule has 33 heavy (non-hydrogen) atoms. The molecule has 1 aromatic rings. The summed E-state index contributed by atoms with van der Waals surface area (Å²) >= 11 is 11.5. The summed E-state index contributed by atoms with van der Waals surface area (Å²) < 4.78 is -0.903. The topological polar surface area (TPSA) is 98.2 Å². The zero-order valence-corrected chi connectivity index (χ0v) is 21.2. The predicted molar refractivity (Wildman–Crippen MR) is 132 cm³/mol. The van der Waals surface area contributed by atoms with Crippen LogP contribution in [0.25, 0.3) is 0 Å². The number of alkyl halides is 1. The Morgan fingerprint density at radius 3 is 2.73 bits per heavy atom. The Hall–Kier alpha value is -1.55. The smallest absolute Gasteiger partial charge is 0.308 e. The van der Waals surface area contributed by atoms with Crippen molar-refractivity contribution in [2.45, 2.75) is 46.7 Å². The van der Waals surface area contributed by atoms with Crippen molar-refractivity contribution in [3.63, 3.8) is 0 Å². The highest BCUT2D eigenvalue weighted by atomic mass is 79.9. The van der Waals surface area contributed by atoms with E-state index in [4.69, 9.17) is 11.6 Å². The van der Waals surface area contributed by atoms with Crippen LogP contribution < -0.4 is 4.90 Å². The number of amides is 2. The molecule has 1 aromatic carbocycles. The van der Waals surface area contributed by atoms with Gasteiger partial charge in [-0.15, -0.1) is 18.3 Å².